The molecule has 6 aliphatic carbocycles. The minimum atomic E-state index is -0.0461. The molecule has 6 rings (SSSR count). The fraction of sp³-hybridized carbons (Fsp3) is 0.909. The molecule has 0 unspecified atom stereocenters. The van der Waals surface area contributed by atoms with E-state index < -0.39 is 0 Å². The molecule has 1 N–H and O–H groups in total. The van der Waals surface area contributed by atoms with Gasteiger partial charge in [-0.05, 0) is 47.8 Å². The Bertz CT molecular complexity index is 382. The number of nitriles is 1. The van der Waals surface area contributed by atoms with Crippen LogP contribution in [0, 0.1) is 58.2 Å². The van der Waals surface area contributed by atoms with Crippen LogP contribution in [0.3, 0.4) is 0 Å². The normalized spacial score (nSPS) is 83.7. The third-order valence-corrected chi connectivity index (χ3v) is 6.03. The van der Waals surface area contributed by atoms with Crippen LogP contribution < -0.4 is 0 Å². The smallest absolute Gasteiger partial charge is 0.0699 e. The predicted molar refractivity (Wildman–Crippen MR) is 43.1 cm³/mol. The van der Waals surface area contributed by atoms with Crippen molar-refractivity contribution in [1.29, 1.82) is 5.26 Å². The van der Waals surface area contributed by atoms with Crippen molar-refractivity contribution >= 4 is 0 Å². The Morgan fingerprint density at radius 3 is 2.54 bits per heavy atom. The van der Waals surface area contributed by atoms with Gasteiger partial charge in [-0.25, -0.2) is 0 Å². The molecule has 2 nitrogen and oxygen atoms in total. The van der Waals surface area contributed by atoms with E-state index in [1.807, 2.05) is 0 Å². The molecule has 0 aromatic heterocycles. The first kappa shape index (κ1) is 6.03. The van der Waals surface area contributed by atoms with Crippen LogP contribution in [-0.4, -0.2) is 11.2 Å². The molecule has 2 bridgehead atoms. The maximum Gasteiger partial charge on any atom is 0.0699 e. The van der Waals surface area contributed by atoms with Crippen LogP contribution in [0.2, 0.25) is 0 Å². The molecule has 2 heteroatoms. The molecule has 6 aliphatic rings. The van der Waals surface area contributed by atoms with Crippen LogP contribution in [0.15, 0.2) is 0 Å². The topological polar surface area (TPSA) is 44.0 Å². The second kappa shape index (κ2) is 1.26. The monoisotopic (exact) mass is 173 g/mol. The molecule has 66 valence electrons. The Hall–Kier alpha value is -0.550. The van der Waals surface area contributed by atoms with Crippen molar-refractivity contribution in [3.8, 4) is 6.07 Å². The Labute approximate surface area is 76.5 Å². The minimum absolute atomic E-state index is 0.0461. The average Bonchev–Trinajstić information content (AvgIpc) is 2.94. The third-order valence-electron chi connectivity index (χ3n) is 6.03. The molecular formula is C11H11NO. The van der Waals surface area contributed by atoms with Gasteiger partial charge < -0.3 is 5.11 Å². The summed E-state index contributed by atoms with van der Waals surface area (Å²) in [6.07, 6.45) is 0.975. The van der Waals surface area contributed by atoms with Gasteiger partial charge in [0.25, 0.3) is 0 Å². The largest absolute Gasteiger partial charge is 0.393 e. The molecule has 0 aromatic rings. The maximum atomic E-state index is 9.91. The fourth-order valence-corrected chi connectivity index (χ4v) is 6.07. The molecule has 0 aliphatic heterocycles. The first-order chi connectivity index (χ1) is 6.32. The molecular weight excluding hydrogens is 162 g/mol. The van der Waals surface area contributed by atoms with E-state index in [4.69, 9.17) is 0 Å². The van der Waals surface area contributed by atoms with E-state index in [2.05, 4.69) is 6.07 Å². The van der Waals surface area contributed by atoms with E-state index in [-0.39, 0.29) is 11.5 Å². The van der Waals surface area contributed by atoms with Crippen LogP contribution in [-0.2, 0) is 0 Å². The highest BCUT2D eigenvalue weighted by molar-refractivity contribution is 5.47. The van der Waals surface area contributed by atoms with Gasteiger partial charge in [-0.2, -0.15) is 5.26 Å². The van der Waals surface area contributed by atoms with Gasteiger partial charge >= 0.3 is 0 Å². The molecule has 6 fully saturated rings. The molecule has 6 saturated carbocycles. The number of rotatable bonds is 0. The van der Waals surface area contributed by atoms with Gasteiger partial charge in [0, 0.05) is 0 Å². The van der Waals surface area contributed by atoms with Crippen molar-refractivity contribution < 1.29 is 5.11 Å². The van der Waals surface area contributed by atoms with Crippen molar-refractivity contribution in [2.75, 3.05) is 0 Å². The van der Waals surface area contributed by atoms with Crippen LogP contribution in [0.1, 0.15) is 6.42 Å². The summed E-state index contributed by atoms with van der Waals surface area (Å²) in [6.45, 7) is 0. The van der Waals surface area contributed by atoms with Gasteiger partial charge in [-0.15, -0.1) is 0 Å². The summed E-state index contributed by atoms with van der Waals surface area (Å²) in [5.41, 5.74) is 0.0994. The third kappa shape index (κ3) is 0.321. The second-order valence-corrected chi connectivity index (χ2v) is 5.82. The number of nitrogens with zero attached hydrogens (tertiary/aromatic N) is 1. The van der Waals surface area contributed by atoms with Gasteiger partial charge in [-0.3, -0.25) is 0 Å². The van der Waals surface area contributed by atoms with Gasteiger partial charge in [0.05, 0.1) is 17.6 Å². The standard InChI is InChI=1S/C11H11NO/c12-2-11-8-3-1-4(13)6(10(8)11)7-5(3)9(7)11/h3-10,13H,1H2/t3-,4+,5-,6+,7-,8+,9-,10+,11-/m0/s1. The van der Waals surface area contributed by atoms with Crippen molar-refractivity contribution in [2.45, 2.75) is 12.5 Å². The van der Waals surface area contributed by atoms with Crippen LogP contribution in [0.4, 0.5) is 0 Å². The van der Waals surface area contributed by atoms with Gasteiger partial charge in [0.15, 0.2) is 0 Å². The van der Waals surface area contributed by atoms with Crippen LogP contribution in [0.5, 0.6) is 0 Å². The predicted octanol–water partition coefficient (Wildman–Crippen LogP) is 0.629. The van der Waals surface area contributed by atoms with E-state index in [1.165, 1.54) is 0 Å². The summed E-state index contributed by atoms with van der Waals surface area (Å²) in [4.78, 5) is 0. The number of hydrogen-bond acceptors (Lipinski definition) is 2. The number of fused-ring (bicyclic) bond motifs is 1. The van der Waals surface area contributed by atoms with E-state index in [0.29, 0.717) is 11.8 Å². The lowest BCUT2D eigenvalue weighted by Gasteiger charge is -2.38. The number of hydrogen-bond donors (Lipinski definition) is 1. The zero-order chi connectivity index (χ0) is 8.53. The van der Waals surface area contributed by atoms with Crippen LogP contribution >= 0.6 is 0 Å². The lowest BCUT2D eigenvalue weighted by molar-refractivity contribution is -0.0127. The molecule has 13 heavy (non-hydrogen) atoms. The summed E-state index contributed by atoms with van der Waals surface area (Å²) >= 11 is 0. The van der Waals surface area contributed by atoms with Crippen molar-refractivity contribution in [3.05, 3.63) is 0 Å². The Kier molecular flexibility index (Phi) is 0.587. The van der Waals surface area contributed by atoms with Gasteiger partial charge in [-0.1, -0.05) is 0 Å². The lowest BCUT2D eigenvalue weighted by atomic mass is 9.69. The summed E-state index contributed by atoms with van der Waals surface area (Å²) in [5.74, 6) is 5.05. The van der Waals surface area contributed by atoms with Crippen molar-refractivity contribution in [3.63, 3.8) is 0 Å². The first-order valence-electron chi connectivity index (χ1n) is 5.41. The van der Waals surface area contributed by atoms with Gasteiger partial charge in [0.1, 0.15) is 0 Å². The van der Waals surface area contributed by atoms with E-state index in [1.54, 1.807) is 0 Å². The SMILES string of the molecule is N#C[C@]12[C@@H]3[C@@H]4[C@@H]5[C@@H]1[C@H]2[C@@H](C[C@H]5O)[C@@H]43. The zero-order valence-corrected chi connectivity index (χ0v) is 7.22. The molecule has 0 radical (unpaired) electrons. The summed E-state index contributed by atoms with van der Waals surface area (Å²) in [5, 5.41) is 19.2. The van der Waals surface area contributed by atoms with E-state index in [9.17, 15) is 10.4 Å². The van der Waals surface area contributed by atoms with E-state index in [0.717, 1.165) is 36.0 Å². The fourth-order valence-electron chi connectivity index (χ4n) is 6.07. The molecule has 0 spiro atoms. The average molecular weight is 173 g/mol. The second-order valence-electron chi connectivity index (χ2n) is 5.82. The molecule has 0 saturated heterocycles. The minimum Gasteiger partial charge on any atom is -0.393 e. The molecule has 9 atom stereocenters. The van der Waals surface area contributed by atoms with Crippen molar-refractivity contribution in [1.82, 2.24) is 0 Å². The summed E-state index contributed by atoms with van der Waals surface area (Å²) in [6, 6.07) is 2.61. The highest BCUT2D eigenvalue weighted by atomic mass is 16.3. The quantitative estimate of drug-likeness (QED) is 0.584. The number of aliphatic hydroxyl groups excluding tert-OH is 1. The van der Waals surface area contributed by atoms with Crippen molar-refractivity contribution in [2.24, 2.45) is 46.8 Å². The Balaban J connectivity index is 1.81. The maximum absolute atomic E-state index is 9.91. The van der Waals surface area contributed by atoms with E-state index >= 15 is 0 Å². The lowest BCUT2D eigenvalue weighted by Crippen LogP contribution is -2.39. The highest BCUT2D eigenvalue weighted by Crippen LogP contribution is 2.96. The summed E-state index contributed by atoms with van der Waals surface area (Å²) < 4.78 is 0. The zero-order valence-electron chi connectivity index (χ0n) is 7.22. The first-order valence-corrected chi connectivity index (χ1v) is 5.41. The Morgan fingerprint density at radius 2 is 2.00 bits per heavy atom. The van der Waals surface area contributed by atoms with Gasteiger partial charge in [0.2, 0.25) is 0 Å². The molecule has 0 aromatic carbocycles. The molecule has 0 amide bonds. The highest BCUT2D eigenvalue weighted by Gasteiger charge is 2.97. The summed E-state index contributed by atoms with van der Waals surface area (Å²) in [7, 11) is 0. The Morgan fingerprint density at radius 1 is 1.15 bits per heavy atom. The number of aliphatic hydroxyl groups is 1. The molecule has 0 heterocycles. The van der Waals surface area contributed by atoms with Crippen LogP contribution in [0.25, 0.3) is 0 Å².